The van der Waals surface area contributed by atoms with Crippen LogP contribution in [-0.4, -0.2) is 26.6 Å². The molecule has 0 fully saturated rings. The van der Waals surface area contributed by atoms with Crippen molar-refractivity contribution >= 4 is 38.9 Å². The van der Waals surface area contributed by atoms with Gasteiger partial charge < -0.3 is 5.32 Å². The third-order valence-electron chi connectivity index (χ3n) is 4.06. The van der Waals surface area contributed by atoms with Crippen LogP contribution in [0.15, 0.2) is 42.5 Å². The Hall–Kier alpha value is -2.05. The summed E-state index contributed by atoms with van der Waals surface area (Å²) in [5, 5.41) is 3.30. The van der Waals surface area contributed by atoms with Gasteiger partial charge in [-0.1, -0.05) is 42.3 Å². The first kappa shape index (κ1) is 20.3. The molecule has 0 aliphatic rings. The average Bonchev–Trinajstić information content (AvgIpc) is 2.56. The molecule has 5 nitrogen and oxygen atoms in total. The van der Waals surface area contributed by atoms with E-state index >= 15 is 0 Å². The molecule has 0 heterocycles. The standard InChI is InChI=1S/C19H23ClN2O3S/c1-5-18(19(23)21-15-9-8-14(3)17(20)12-15)22(26(4,24)25)16-10-6-13(2)7-11-16/h6-12,18H,5H2,1-4H3,(H,21,23)/t18-/m0/s1. The van der Waals surface area contributed by atoms with Gasteiger partial charge >= 0.3 is 0 Å². The number of sulfonamides is 1. The van der Waals surface area contributed by atoms with E-state index in [0.29, 0.717) is 22.8 Å². The molecule has 2 rings (SSSR count). The Morgan fingerprint density at radius 3 is 2.27 bits per heavy atom. The summed E-state index contributed by atoms with van der Waals surface area (Å²) in [6.07, 6.45) is 1.43. The summed E-state index contributed by atoms with van der Waals surface area (Å²) in [5.74, 6) is -0.404. The highest BCUT2D eigenvalue weighted by Crippen LogP contribution is 2.25. The molecule has 0 spiro atoms. The monoisotopic (exact) mass is 394 g/mol. The Morgan fingerprint density at radius 1 is 1.15 bits per heavy atom. The summed E-state index contributed by atoms with van der Waals surface area (Å²) in [5.41, 5.74) is 2.89. The van der Waals surface area contributed by atoms with Gasteiger partial charge in [0, 0.05) is 10.7 Å². The number of amides is 1. The predicted octanol–water partition coefficient (Wildman–Crippen LogP) is 4.14. The second kappa shape index (κ2) is 8.10. The van der Waals surface area contributed by atoms with Crippen LogP contribution in [0.4, 0.5) is 11.4 Å². The number of carbonyl (C=O) groups is 1. The van der Waals surface area contributed by atoms with Crippen LogP contribution in [0.5, 0.6) is 0 Å². The number of benzene rings is 2. The smallest absolute Gasteiger partial charge is 0.248 e. The van der Waals surface area contributed by atoms with E-state index in [1.807, 2.05) is 26.0 Å². The zero-order chi connectivity index (χ0) is 19.5. The predicted molar refractivity (Wildman–Crippen MR) is 107 cm³/mol. The summed E-state index contributed by atoms with van der Waals surface area (Å²) >= 11 is 6.10. The number of nitrogens with zero attached hydrogens (tertiary/aromatic N) is 1. The first-order chi connectivity index (χ1) is 12.1. The van der Waals surface area contributed by atoms with E-state index in [1.54, 1.807) is 37.3 Å². The van der Waals surface area contributed by atoms with Crippen molar-refractivity contribution in [1.29, 1.82) is 0 Å². The van der Waals surface area contributed by atoms with Crippen molar-refractivity contribution in [3.8, 4) is 0 Å². The van der Waals surface area contributed by atoms with Crippen LogP contribution < -0.4 is 9.62 Å². The molecule has 0 radical (unpaired) electrons. The van der Waals surface area contributed by atoms with Gasteiger partial charge in [0.05, 0.1) is 11.9 Å². The molecule has 0 unspecified atom stereocenters. The number of carbonyl (C=O) groups excluding carboxylic acids is 1. The summed E-state index contributed by atoms with van der Waals surface area (Å²) in [6.45, 7) is 5.56. The molecule has 140 valence electrons. The number of rotatable bonds is 6. The van der Waals surface area contributed by atoms with Gasteiger partial charge in [-0.3, -0.25) is 9.10 Å². The van der Waals surface area contributed by atoms with E-state index in [0.717, 1.165) is 21.7 Å². The van der Waals surface area contributed by atoms with Crippen LogP contribution in [0.1, 0.15) is 24.5 Å². The fourth-order valence-corrected chi connectivity index (χ4v) is 4.04. The fourth-order valence-electron chi connectivity index (χ4n) is 2.65. The van der Waals surface area contributed by atoms with Crippen molar-refractivity contribution in [3.05, 3.63) is 58.6 Å². The lowest BCUT2D eigenvalue weighted by Gasteiger charge is -2.30. The molecular weight excluding hydrogens is 372 g/mol. The second-order valence-electron chi connectivity index (χ2n) is 6.27. The Labute approximate surface area is 160 Å². The van der Waals surface area contributed by atoms with Gasteiger partial charge in [0.1, 0.15) is 6.04 Å². The molecule has 0 aliphatic heterocycles. The van der Waals surface area contributed by atoms with E-state index in [1.165, 1.54) is 0 Å². The van der Waals surface area contributed by atoms with E-state index < -0.39 is 22.0 Å². The summed E-state index contributed by atoms with van der Waals surface area (Å²) < 4.78 is 26.0. The number of aryl methyl sites for hydroxylation is 2. The van der Waals surface area contributed by atoms with Crippen LogP contribution >= 0.6 is 11.6 Å². The Kier molecular flexibility index (Phi) is 6.31. The Bertz CT molecular complexity index is 896. The number of hydrogen-bond acceptors (Lipinski definition) is 3. The van der Waals surface area contributed by atoms with Crippen LogP contribution in [0.25, 0.3) is 0 Å². The summed E-state index contributed by atoms with van der Waals surface area (Å²) in [4.78, 5) is 12.8. The third-order valence-corrected chi connectivity index (χ3v) is 5.64. The third kappa shape index (κ3) is 4.77. The molecule has 0 saturated carbocycles. The normalized spacial score (nSPS) is 12.5. The lowest BCUT2D eigenvalue weighted by atomic mass is 10.1. The van der Waals surface area contributed by atoms with Crippen LogP contribution in [0, 0.1) is 13.8 Å². The molecule has 7 heteroatoms. The maximum Gasteiger partial charge on any atom is 0.248 e. The highest BCUT2D eigenvalue weighted by Gasteiger charge is 2.31. The second-order valence-corrected chi connectivity index (χ2v) is 8.54. The lowest BCUT2D eigenvalue weighted by molar-refractivity contribution is -0.117. The van der Waals surface area contributed by atoms with Gasteiger partial charge in [0.2, 0.25) is 15.9 Å². The number of halogens is 1. The van der Waals surface area contributed by atoms with E-state index in [-0.39, 0.29) is 0 Å². The van der Waals surface area contributed by atoms with E-state index in [9.17, 15) is 13.2 Å². The van der Waals surface area contributed by atoms with Gasteiger partial charge in [0.25, 0.3) is 0 Å². The maximum absolute atomic E-state index is 12.8. The van der Waals surface area contributed by atoms with Gasteiger partial charge in [0.15, 0.2) is 0 Å². The molecule has 26 heavy (non-hydrogen) atoms. The average molecular weight is 395 g/mol. The van der Waals surface area contributed by atoms with Crippen LogP contribution in [0.3, 0.4) is 0 Å². The van der Waals surface area contributed by atoms with Crippen molar-refractivity contribution < 1.29 is 13.2 Å². The molecule has 2 aromatic carbocycles. The van der Waals surface area contributed by atoms with Crippen molar-refractivity contribution in [1.82, 2.24) is 0 Å². The van der Waals surface area contributed by atoms with Gasteiger partial charge in [-0.05, 0) is 50.1 Å². The fraction of sp³-hybridized carbons (Fsp3) is 0.316. The van der Waals surface area contributed by atoms with Crippen molar-refractivity contribution in [2.45, 2.75) is 33.2 Å². The molecule has 0 bridgehead atoms. The highest BCUT2D eigenvalue weighted by molar-refractivity contribution is 7.92. The molecule has 1 atom stereocenters. The molecule has 0 aliphatic carbocycles. The van der Waals surface area contributed by atoms with Crippen LogP contribution in [0.2, 0.25) is 5.02 Å². The minimum absolute atomic E-state index is 0.326. The molecule has 0 saturated heterocycles. The molecular formula is C19H23ClN2O3S. The van der Waals surface area contributed by atoms with Crippen molar-refractivity contribution in [2.24, 2.45) is 0 Å². The molecule has 1 N–H and O–H groups in total. The first-order valence-corrected chi connectivity index (χ1v) is 10.5. The Balaban J connectivity index is 2.36. The topological polar surface area (TPSA) is 66.5 Å². The van der Waals surface area contributed by atoms with Crippen molar-refractivity contribution in [3.63, 3.8) is 0 Å². The minimum Gasteiger partial charge on any atom is -0.324 e. The van der Waals surface area contributed by atoms with Gasteiger partial charge in [-0.2, -0.15) is 0 Å². The van der Waals surface area contributed by atoms with Crippen molar-refractivity contribution in [2.75, 3.05) is 15.9 Å². The zero-order valence-corrected chi connectivity index (χ0v) is 16.9. The van der Waals surface area contributed by atoms with E-state index in [4.69, 9.17) is 11.6 Å². The van der Waals surface area contributed by atoms with Crippen LogP contribution in [-0.2, 0) is 14.8 Å². The molecule has 1 amide bonds. The summed E-state index contributed by atoms with van der Waals surface area (Å²) in [7, 11) is -3.65. The molecule has 0 aromatic heterocycles. The minimum atomic E-state index is -3.65. The largest absolute Gasteiger partial charge is 0.324 e. The quantitative estimate of drug-likeness (QED) is 0.800. The van der Waals surface area contributed by atoms with E-state index in [2.05, 4.69) is 5.32 Å². The first-order valence-electron chi connectivity index (χ1n) is 8.26. The zero-order valence-electron chi connectivity index (χ0n) is 15.3. The van der Waals surface area contributed by atoms with Gasteiger partial charge in [-0.25, -0.2) is 8.42 Å². The highest BCUT2D eigenvalue weighted by atomic mass is 35.5. The SMILES string of the molecule is CC[C@@H](C(=O)Nc1ccc(C)c(Cl)c1)N(c1ccc(C)cc1)S(C)(=O)=O. The molecule has 2 aromatic rings. The summed E-state index contributed by atoms with van der Waals surface area (Å²) in [6, 6.07) is 11.4. The number of hydrogen-bond donors (Lipinski definition) is 1. The maximum atomic E-state index is 12.8. The number of anilines is 2. The lowest BCUT2D eigenvalue weighted by Crippen LogP contribution is -2.47. The number of nitrogens with one attached hydrogen (secondary N) is 1. The Morgan fingerprint density at radius 2 is 1.77 bits per heavy atom. The van der Waals surface area contributed by atoms with Gasteiger partial charge in [-0.15, -0.1) is 0 Å².